The van der Waals surface area contributed by atoms with E-state index in [1.165, 1.54) is 0 Å². The van der Waals surface area contributed by atoms with Crippen molar-refractivity contribution >= 4 is 5.91 Å². The summed E-state index contributed by atoms with van der Waals surface area (Å²) in [6.45, 7) is 2.99. The molecule has 0 bridgehead atoms. The molecule has 0 unspecified atom stereocenters. The maximum Gasteiger partial charge on any atom is 0.225 e. The Labute approximate surface area is 131 Å². The van der Waals surface area contributed by atoms with Crippen LogP contribution in [0.1, 0.15) is 24.8 Å². The minimum absolute atomic E-state index is 0.00723. The fourth-order valence-corrected chi connectivity index (χ4v) is 2.84. The molecule has 2 fully saturated rings. The molecule has 22 heavy (non-hydrogen) atoms. The minimum Gasteiger partial charge on any atom is -0.497 e. The molecule has 5 heteroatoms. The summed E-state index contributed by atoms with van der Waals surface area (Å²) >= 11 is 0. The first-order valence-electron chi connectivity index (χ1n) is 8.01. The maximum atomic E-state index is 12.6. The Kier molecular flexibility index (Phi) is 4.95. The molecule has 1 atom stereocenters. The SMILES string of the molecule is COc1cccc(CN(C(=O)C[C@@H]2CNCCO2)C2CC2)c1. The number of ether oxygens (including phenoxy) is 2. The monoisotopic (exact) mass is 304 g/mol. The number of nitrogens with one attached hydrogen (secondary N) is 1. The first kappa shape index (κ1) is 15.3. The summed E-state index contributed by atoms with van der Waals surface area (Å²) in [5.74, 6) is 1.03. The van der Waals surface area contributed by atoms with E-state index in [1.807, 2.05) is 29.2 Å². The fourth-order valence-electron chi connectivity index (χ4n) is 2.84. The smallest absolute Gasteiger partial charge is 0.225 e. The van der Waals surface area contributed by atoms with Gasteiger partial charge in [-0.05, 0) is 30.5 Å². The van der Waals surface area contributed by atoms with Crippen LogP contribution in [-0.4, -0.2) is 49.8 Å². The summed E-state index contributed by atoms with van der Waals surface area (Å²) in [6.07, 6.45) is 2.69. The minimum atomic E-state index is 0.00723. The number of amides is 1. The lowest BCUT2D eigenvalue weighted by Crippen LogP contribution is -2.42. The maximum absolute atomic E-state index is 12.6. The predicted molar refractivity (Wildman–Crippen MR) is 83.8 cm³/mol. The molecular formula is C17H24N2O3. The van der Waals surface area contributed by atoms with E-state index in [0.717, 1.165) is 37.2 Å². The molecule has 1 aliphatic heterocycles. The van der Waals surface area contributed by atoms with Crippen LogP contribution in [0.15, 0.2) is 24.3 Å². The summed E-state index contributed by atoms with van der Waals surface area (Å²) in [4.78, 5) is 14.6. The van der Waals surface area contributed by atoms with Crippen LogP contribution >= 0.6 is 0 Å². The molecule has 1 heterocycles. The van der Waals surface area contributed by atoms with E-state index in [1.54, 1.807) is 7.11 Å². The van der Waals surface area contributed by atoms with Crippen molar-refractivity contribution in [3.8, 4) is 5.75 Å². The van der Waals surface area contributed by atoms with Crippen LogP contribution in [-0.2, 0) is 16.1 Å². The second-order valence-corrected chi connectivity index (χ2v) is 6.01. The number of rotatable bonds is 6. The second-order valence-electron chi connectivity index (χ2n) is 6.01. The van der Waals surface area contributed by atoms with E-state index in [-0.39, 0.29) is 12.0 Å². The van der Waals surface area contributed by atoms with Crippen LogP contribution < -0.4 is 10.1 Å². The van der Waals surface area contributed by atoms with Gasteiger partial charge in [-0.3, -0.25) is 4.79 Å². The molecule has 0 radical (unpaired) electrons. The highest BCUT2D eigenvalue weighted by Gasteiger charge is 2.33. The Hall–Kier alpha value is -1.59. The Morgan fingerprint density at radius 1 is 1.45 bits per heavy atom. The summed E-state index contributed by atoms with van der Waals surface area (Å²) < 4.78 is 10.9. The topological polar surface area (TPSA) is 50.8 Å². The number of nitrogens with zero attached hydrogens (tertiary/aromatic N) is 1. The van der Waals surface area contributed by atoms with Gasteiger partial charge >= 0.3 is 0 Å². The van der Waals surface area contributed by atoms with Gasteiger partial charge in [-0.25, -0.2) is 0 Å². The molecule has 0 spiro atoms. The van der Waals surface area contributed by atoms with Crippen molar-refractivity contribution in [3.63, 3.8) is 0 Å². The molecule has 1 N–H and O–H groups in total. The van der Waals surface area contributed by atoms with Crippen LogP contribution in [0.3, 0.4) is 0 Å². The number of morpholine rings is 1. The number of hydrogen-bond donors (Lipinski definition) is 1. The zero-order valence-electron chi connectivity index (χ0n) is 13.1. The zero-order chi connectivity index (χ0) is 15.4. The number of hydrogen-bond acceptors (Lipinski definition) is 4. The number of carbonyl (C=O) groups excluding carboxylic acids is 1. The lowest BCUT2D eigenvalue weighted by Gasteiger charge is -2.28. The first-order valence-corrected chi connectivity index (χ1v) is 8.01. The van der Waals surface area contributed by atoms with Crippen LogP contribution in [0.4, 0.5) is 0 Å². The van der Waals surface area contributed by atoms with Gasteiger partial charge in [-0.2, -0.15) is 0 Å². The summed E-state index contributed by atoms with van der Waals surface area (Å²) in [7, 11) is 1.66. The molecule has 1 aromatic rings. The molecule has 1 saturated heterocycles. The third-order valence-electron chi connectivity index (χ3n) is 4.20. The summed E-state index contributed by atoms with van der Waals surface area (Å²) in [5.41, 5.74) is 1.11. The number of benzene rings is 1. The molecule has 1 aliphatic carbocycles. The van der Waals surface area contributed by atoms with Gasteiger partial charge in [-0.1, -0.05) is 12.1 Å². The molecule has 5 nitrogen and oxygen atoms in total. The Balaban J connectivity index is 1.62. The van der Waals surface area contributed by atoms with Gasteiger partial charge in [0.25, 0.3) is 0 Å². The van der Waals surface area contributed by atoms with Gasteiger partial charge < -0.3 is 19.7 Å². The van der Waals surface area contributed by atoms with Crippen molar-refractivity contribution in [2.75, 3.05) is 26.8 Å². The average Bonchev–Trinajstić information content (AvgIpc) is 3.38. The standard InChI is InChI=1S/C17H24N2O3/c1-21-15-4-2-3-13(9-15)12-19(14-5-6-14)17(20)10-16-11-18-7-8-22-16/h2-4,9,14,16,18H,5-8,10-12H2,1H3/t16-/m1/s1. The summed E-state index contributed by atoms with van der Waals surface area (Å²) in [6, 6.07) is 8.34. The summed E-state index contributed by atoms with van der Waals surface area (Å²) in [5, 5.41) is 3.28. The van der Waals surface area contributed by atoms with Crippen molar-refractivity contribution in [2.45, 2.75) is 38.0 Å². The van der Waals surface area contributed by atoms with Gasteiger partial charge in [0.05, 0.1) is 26.2 Å². The van der Waals surface area contributed by atoms with Crippen molar-refractivity contribution in [1.29, 1.82) is 0 Å². The van der Waals surface area contributed by atoms with Crippen LogP contribution in [0.25, 0.3) is 0 Å². The molecule has 120 valence electrons. The van der Waals surface area contributed by atoms with Crippen LogP contribution in [0.5, 0.6) is 5.75 Å². The molecule has 3 rings (SSSR count). The fraction of sp³-hybridized carbons (Fsp3) is 0.588. The average molecular weight is 304 g/mol. The van der Waals surface area contributed by atoms with E-state index in [2.05, 4.69) is 5.32 Å². The Bertz CT molecular complexity index is 510. The molecule has 0 aromatic heterocycles. The van der Waals surface area contributed by atoms with Gasteiger partial charge in [0.15, 0.2) is 0 Å². The third-order valence-corrected chi connectivity index (χ3v) is 4.20. The quantitative estimate of drug-likeness (QED) is 0.866. The lowest BCUT2D eigenvalue weighted by molar-refractivity contribution is -0.136. The molecule has 1 saturated carbocycles. The van der Waals surface area contributed by atoms with E-state index in [9.17, 15) is 4.79 Å². The normalized spacial score (nSPS) is 21.4. The van der Waals surface area contributed by atoms with Crippen molar-refractivity contribution in [1.82, 2.24) is 10.2 Å². The predicted octanol–water partition coefficient (Wildman–Crippen LogP) is 1.56. The molecule has 1 amide bonds. The largest absolute Gasteiger partial charge is 0.497 e. The van der Waals surface area contributed by atoms with Crippen LogP contribution in [0, 0.1) is 0 Å². The highest BCUT2D eigenvalue weighted by molar-refractivity contribution is 5.77. The Morgan fingerprint density at radius 3 is 3.00 bits per heavy atom. The van der Waals surface area contributed by atoms with Gasteiger partial charge in [0, 0.05) is 25.7 Å². The Morgan fingerprint density at radius 2 is 2.32 bits per heavy atom. The lowest BCUT2D eigenvalue weighted by atomic mass is 10.1. The van der Waals surface area contributed by atoms with Crippen LogP contribution in [0.2, 0.25) is 0 Å². The van der Waals surface area contributed by atoms with E-state index >= 15 is 0 Å². The van der Waals surface area contributed by atoms with Crippen molar-refractivity contribution < 1.29 is 14.3 Å². The third kappa shape index (κ3) is 3.99. The van der Waals surface area contributed by atoms with Gasteiger partial charge in [-0.15, -0.1) is 0 Å². The molecule has 1 aromatic carbocycles. The number of carbonyl (C=O) groups is 1. The molecular weight excluding hydrogens is 280 g/mol. The van der Waals surface area contributed by atoms with Gasteiger partial charge in [0.1, 0.15) is 5.75 Å². The highest BCUT2D eigenvalue weighted by atomic mass is 16.5. The van der Waals surface area contributed by atoms with E-state index < -0.39 is 0 Å². The first-order chi connectivity index (χ1) is 10.8. The highest BCUT2D eigenvalue weighted by Crippen LogP contribution is 2.30. The van der Waals surface area contributed by atoms with E-state index in [4.69, 9.17) is 9.47 Å². The van der Waals surface area contributed by atoms with Crippen molar-refractivity contribution in [3.05, 3.63) is 29.8 Å². The second kappa shape index (κ2) is 7.11. The van der Waals surface area contributed by atoms with Gasteiger partial charge in [0.2, 0.25) is 5.91 Å². The number of methoxy groups -OCH3 is 1. The van der Waals surface area contributed by atoms with E-state index in [0.29, 0.717) is 25.6 Å². The zero-order valence-corrected chi connectivity index (χ0v) is 13.1. The molecule has 2 aliphatic rings. The van der Waals surface area contributed by atoms with Crippen molar-refractivity contribution in [2.24, 2.45) is 0 Å².